The fourth-order valence-corrected chi connectivity index (χ4v) is 4.66. The van der Waals surface area contributed by atoms with Crippen LogP contribution in [0, 0.1) is 6.92 Å². The third-order valence-corrected chi connectivity index (χ3v) is 6.44. The van der Waals surface area contributed by atoms with Crippen LogP contribution in [-0.2, 0) is 24.4 Å². The number of amides is 2. The fourth-order valence-electron chi connectivity index (χ4n) is 3.52. The lowest BCUT2D eigenvalue weighted by Gasteiger charge is -2.15. The first kappa shape index (κ1) is 21.5. The van der Waals surface area contributed by atoms with Crippen LogP contribution in [0.5, 0.6) is 5.75 Å². The van der Waals surface area contributed by atoms with Crippen LogP contribution in [0.2, 0.25) is 5.02 Å². The van der Waals surface area contributed by atoms with Crippen LogP contribution < -0.4 is 4.74 Å². The Bertz CT molecular complexity index is 1100. The third-order valence-electron chi connectivity index (χ3n) is 5.11. The minimum Gasteiger partial charge on any atom is -0.489 e. The number of hydrogen-bond donors (Lipinski definition) is 0. The topological polar surface area (TPSA) is 46.6 Å². The zero-order valence-electron chi connectivity index (χ0n) is 17.1. The number of ether oxygens (including phenoxy) is 1. The summed E-state index contributed by atoms with van der Waals surface area (Å²) in [7, 11) is 0. The van der Waals surface area contributed by atoms with E-state index in [0.29, 0.717) is 18.1 Å². The highest BCUT2D eigenvalue weighted by Gasteiger charge is 2.39. The van der Waals surface area contributed by atoms with Crippen LogP contribution in [0.15, 0.2) is 72.8 Å². The molecule has 0 radical (unpaired) electrons. The lowest BCUT2D eigenvalue weighted by Crippen LogP contribution is -2.31. The second-order valence-electron chi connectivity index (χ2n) is 7.51. The number of para-hydroxylation sites is 1. The molecule has 1 heterocycles. The van der Waals surface area contributed by atoms with Gasteiger partial charge in [0.1, 0.15) is 12.4 Å². The highest BCUT2D eigenvalue weighted by Crippen LogP contribution is 2.33. The predicted octanol–water partition coefficient (Wildman–Crippen LogP) is 6.03. The standard InChI is InChI=1S/C25H22ClNO3S/c1-17-5-4-6-19(13-17)16-30-22-8-3-2-7-20(22)14-23-24(28)27(25(29)31-23)15-18-9-11-21(26)12-10-18/h2-13,23H,14-16H2,1H3/t23-/m1/s1. The minimum absolute atomic E-state index is 0.168. The van der Waals surface area contributed by atoms with Crippen molar-refractivity contribution < 1.29 is 14.3 Å². The number of carbonyl (C=O) groups excluding carboxylic acids is 2. The summed E-state index contributed by atoms with van der Waals surface area (Å²) < 4.78 is 6.05. The summed E-state index contributed by atoms with van der Waals surface area (Å²) in [5.74, 6) is 0.569. The normalized spacial score (nSPS) is 16.1. The Labute approximate surface area is 191 Å². The van der Waals surface area contributed by atoms with Gasteiger partial charge in [-0.1, -0.05) is 83.5 Å². The Kier molecular flexibility index (Phi) is 6.64. The van der Waals surface area contributed by atoms with Gasteiger partial charge in [-0.25, -0.2) is 0 Å². The maximum absolute atomic E-state index is 12.9. The van der Waals surface area contributed by atoms with E-state index in [0.717, 1.165) is 34.2 Å². The Morgan fingerprint density at radius 3 is 2.52 bits per heavy atom. The maximum atomic E-state index is 12.9. The predicted molar refractivity (Wildman–Crippen MR) is 124 cm³/mol. The van der Waals surface area contributed by atoms with Crippen LogP contribution in [0.1, 0.15) is 22.3 Å². The molecule has 0 aliphatic carbocycles. The second-order valence-corrected chi connectivity index (χ2v) is 9.10. The van der Waals surface area contributed by atoms with Crippen molar-refractivity contribution in [2.45, 2.75) is 31.7 Å². The molecule has 1 atom stereocenters. The van der Waals surface area contributed by atoms with Crippen LogP contribution in [0.3, 0.4) is 0 Å². The molecule has 0 aromatic heterocycles. The van der Waals surface area contributed by atoms with Gasteiger partial charge in [0.25, 0.3) is 5.24 Å². The number of benzene rings is 3. The van der Waals surface area contributed by atoms with E-state index in [1.807, 2.05) is 61.5 Å². The van der Waals surface area contributed by atoms with Gasteiger partial charge in [0.05, 0.1) is 11.8 Å². The Morgan fingerprint density at radius 2 is 1.74 bits per heavy atom. The molecule has 3 aromatic carbocycles. The Hall–Kier alpha value is -2.76. The van der Waals surface area contributed by atoms with Crippen molar-refractivity contribution in [1.82, 2.24) is 4.90 Å². The summed E-state index contributed by atoms with van der Waals surface area (Å²) in [5.41, 5.74) is 4.06. The van der Waals surface area contributed by atoms with Crippen LogP contribution in [0.4, 0.5) is 4.79 Å². The van der Waals surface area contributed by atoms with Gasteiger partial charge in [0, 0.05) is 5.02 Å². The average molecular weight is 452 g/mol. The van der Waals surface area contributed by atoms with Gasteiger partial charge >= 0.3 is 0 Å². The second kappa shape index (κ2) is 9.58. The molecule has 1 fully saturated rings. The van der Waals surface area contributed by atoms with Gasteiger partial charge in [-0.2, -0.15) is 0 Å². The molecule has 0 N–H and O–H groups in total. The molecule has 1 saturated heterocycles. The number of nitrogens with zero attached hydrogens (tertiary/aromatic N) is 1. The highest BCUT2D eigenvalue weighted by atomic mass is 35.5. The summed E-state index contributed by atoms with van der Waals surface area (Å²) >= 11 is 7.00. The van der Waals surface area contributed by atoms with Crippen LogP contribution >= 0.6 is 23.4 Å². The molecule has 0 unspecified atom stereocenters. The van der Waals surface area contributed by atoms with Gasteiger partial charge in [0.2, 0.25) is 5.91 Å². The van der Waals surface area contributed by atoms with Crippen LogP contribution in [0.25, 0.3) is 0 Å². The van der Waals surface area contributed by atoms with Crippen molar-refractivity contribution in [2.75, 3.05) is 0 Å². The quantitative estimate of drug-likeness (QED) is 0.439. The molecule has 4 rings (SSSR count). The van der Waals surface area contributed by atoms with Gasteiger partial charge < -0.3 is 4.74 Å². The number of aryl methyl sites for hydroxylation is 1. The lowest BCUT2D eigenvalue weighted by molar-refractivity contribution is -0.127. The SMILES string of the molecule is Cc1cccc(COc2ccccc2C[C@H]2SC(=O)N(Cc3ccc(Cl)cc3)C2=O)c1. The van der Waals surface area contributed by atoms with Crippen molar-refractivity contribution in [3.8, 4) is 5.75 Å². The van der Waals surface area contributed by atoms with Gasteiger partial charge in [-0.3, -0.25) is 14.5 Å². The molecular formula is C25H22ClNO3S. The van der Waals surface area contributed by atoms with E-state index in [-0.39, 0.29) is 17.7 Å². The molecule has 0 spiro atoms. The van der Waals surface area contributed by atoms with E-state index in [1.54, 1.807) is 12.1 Å². The molecule has 4 nitrogen and oxygen atoms in total. The minimum atomic E-state index is -0.455. The molecule has 0 saturated carbocycles. The summed E-state index contributed by atoms with van der Waals surface area (Å²) in [6.07, 6.45) is 0.441. The highest BCUT2D eigenvalue weighted by molar-refractivity contribution is 8.15. The molecule has 158 valence electrons. The number of carbonyl (C=O) groups is 2. The molecule has 3 aromatic rings. The van der Waals surface area contributed by atoms with E-state index < -0.39 is 5.25 Å². The van der Waals surface area contributed by atoms with Gasteiger partial charge in [0.15, 0.2) is 0 Å². The Morgan fingerprint density at radius 1 is 0.968 bits per heavy atom. The van der Waals surface area contributed by atoms with E-state index in [1.165, 1.54) is 10.5 Å². The molecule has 2 amide bonds. The first-order valence-corrected chi connectivity index (χ1v) is 11.3. The number of imide groups is 1. The van der Waals surface area contributed by atoms with E-state index >= 15 is 0 Å². The smallest absolute Gasteiger partial charge is 0.289 e. The number of thioether (sulfide) groups is 1. The molecule has 1 aliphatic heterocycles. The van der Waals surface area contributed by atoms with Crippen molar-refractivity contribution in [1.29, 1.82) is 0 Å². The first-order chi connectivity index (χ1) is 15.0. The zero-order chi connectivity index (χ0) is 21.8. The maximum Gasteiger partial charge on any atom is 0.289 e. The van der Waals surface area contributed by atoms with Crippen LogP contribution in [-0.4, -0.2) is 21.3 Å². The molecule has 6 heteroatoms. The van der Waals surface area contributed by atoms with Crippen molar-refractivity contribution in [3.63, 3.8) is 0 Å². The number of rotatable bonds is 7. The molecule has 1 aliphatic rings. The summed E-state index contributed by atoms with van der Waals surface area (Å²) in [6.45, 7) is 2.75. The average Bonchev–Trinajstić information content (AvgIpc) is 3.02. The Balaban J connectivity index is 1.43. The van der Waals surface area contributed by atoms with E-state index in [4.69, 9.17) is 16.3 Å². The molecule has 31 heavy (non-hydrogen) atoms. The zero-order valence-corrected chi connectivity index (χ0v) is 18.7. The fraction of sp³-hybridized carbons (Fsp3) is 0.200. The van der Waals surface area contributed by atoms with Gasteiger partial charge in [-0.05, 0) is 48.2 Å². The summed E-state index contributed by atoms with van der Waals surface area (Å²) in [5, 5.41) is -0.0519. The largest absolute Gasteiger partial charge is 0.489 e. The monoisotopic (exact) mass is 451 g/mol. The number of halogens is 1. The third kappa shape index (κ3) is 5.30. The van der Waals surface area contributed by atoms with Crippen molar-refractivity contribution in [3.05, 3.63) is 100 Å². The van der Waals surface area contributed by atoms with E-state index in [2.05, 4.69) is 6.07 Å². The first-order valence-electron chi connectivity index (χ1n) is 10.0. The van der Waals surface area contributed by atoms with E-state index in [9.17, 15) is 9.59 Å². The van der Waals surface area contributed by atoms with Crippen molar-refractivity contribution in [2.24, 2.45) is 0 Å². The summed E-state index contributed by atoms with van der Waals surface area (Å²) in [4.78, 5) is 26.7. The van der Waals surface area contributed by atoms with Gasteiger partial charge in [-0.15, -0.1) is 0 Å². The summed E-state index contributed by atoms with van der Waals surface area (Å²) in [6, 6.07) is 23.0. The van der Waals surface area contributed by atoms with Crippen molar-refractivity contribution >= 4 is 34.5 Å². The molecular weight excluding hydrogens is 430 g/mol. The number of hydrogen-bond acceptors (Lipinski definition) is 4. The lowest BCUT2D eigenvalue weighted by atomic mass is 10.1. The molecule has 0 bridgehead atoms.